The molecule has 0 bridgehead atoms. The number of benzene rings is 1. The van der Waals surface area contributed by atoms with E-state index in [1.165, 1.54) is 0 Å². The highest BCUT2D eigenvalue weighted by molar-refractivity contribution is 5.50. The summed E-state index contributed by atoms with van der Waals surface area (Å²) >= 11 is 0. The van der Waals surface area contributed by atoms with Gasteiger partial charge in [0.25, 0.3) is 0 Å². The van der Waals surface area contributed by atoms with Gasteiger partial charge in [0.2, 0.25) is 5.88 Å². The minimum absolute atomic E-state index is 0.575. The van der Waals surface area contributed by atoms with Gasteiger partial charge in [0.05, 0.1) is 25.0 Å². The lowest BCUT2D eigenvalue weighted by Gasteiger charge is -2.15. The SMILES string of the molecule is COc1c(C(O)c2cccc3c2OCC3)c(C)nn1C. The maximum atomic E-state index is 10.7. The van der Waals surface area contributed by atoms with Crippen molar-refractivity contribution >= 4 is 0 Å². The van der Waals surface area contributed by atoms with Gasteiger partial charge in [-0.15, -0.1) is 0 Å². The molecule has 5 nitrogen and oxygen atoms in total. The van der Waals surface area contributed by atoms with Crippen molar-refractivity contribution in [2.75, 3.05) is 13.7 Å². The van der Waals surface area contributed by atoms with Crippen LogP contribution in [-0.4, -0.2) is 28.6 Å². The molecule has 0 saturated heterocycles. The fourth-order valence-corrected chi connectivity index (χ4v) is 2.82. The fraction of sp³-hybridized carbons (Fsp3) is 0.400. The van der Waals surface area contributed by atoms with Crippen LogP contribution in [0.5, 0.6) is 11.6 Å². The van der Waals surface area contributed by atoms with Crippen molar-refractivity contribution < 1.29 is 14.6 Å². The molecule has 1 atom stereocenters. The summed E-state index contributed by atoms with van der Waals surface area (Å²) < 4.78 is 12.7. The van der Waals surface area contributed by atoms with Crippen LogP contribution in [0, 0.1) is 6.92 Å². The molecule has 1 aliphatic rings. The smallest absolute Gasteiger partial charge is 0.217 e. The molecule has 0 amide bonds. The number of aliphatic hydroxyl groups excluding tert-OH is 1. The molecule has 20 heavy (non-hydrogen) atoms. The van der Waals surface area contributed by atoms with E-state index in [0.29, 0.717) is 18.1 Å². The second-order valence-corrected chi connectivity index (χ2v) is 4.97. The Kier molecular flexibility index (Phi) is 3.14. The average molecular weight is 274 g/mol. The number of aromatic nitrogens is 2. The molecule has 2 aromatic rings. The zero-order valence-electron chi connectivity index (χ0n) is 11.9. The molecule has 1 aromatic carbocycles. The van der Waals surface area contributed by atoms with E-state index in [-0.39, 0.29) is 0 Å². The normalized spacial score (nSPS) is 14.8. The lowest BCUT2D eigenvalue weighted by Crippen LogP contribution is -2.05. The number of rotatable bonds is 3. The number of hydrogen-bond donors (Lipinski definition) is 1. The third kappa shape index (κ3) is 1.86. The molecule has 3 rings (SSSR count). The second kappa shape index (κ2) is 4.83. The van der Waals surface area contributed by atoms with Crippen LogP contribution in [0.15, 0.2) is 18.2 Å². The number of ether oxygens (including phenoxy) is 2. The molecule has 1 aliphatic heterocycles. The maximum Gasteiger partial charge on any atom is 0.217 e. The van der Waals surface area contributed by atoms with Crippen molar-refractivity contribution in [3.8, 4) is 11.6 Å². The number of para-hydroxylation sites is 1. The Bertz CT molecular complexity index is 649. The lowest BCUT2D eigenvalue weighted by molar-refractivity contribution is 0.207. The number of methoxy groups -OCH3 is 1. The predicted molar refractivity (Wildman–Crippen MR) is 74.2 cm³/mol. The van der Waals surface area contributed by atoms with Crippen LogP contribution < -0.4 is 9.47 Å². The number of aryl methyl sites for hydroxylation is 2. The Hall–Kier alpha value is -2.01. The van der Waals surface area contributed by atoms with Gasteiger partial charge in [-0.1, -0.05) is 18.2 Å². The van der Waals surface area contributed by atoms with E-state index in [2.05, 4.69) is 5.10 Å². The Balaban J connectivity index is 2.10. The Morgan fingerprint density at radius 3 is 3.00 bits per heavy atom. The highest BCUT2D eigenvalue weighted by atomic mass is 16.5. The van der Waals surface area contributed by atoms with Crippen molar-refractivity contribution in [2.45, 2.75) is 19.4 Å². The molecular weight excluding hydrogens is 256 g/mol. The summed E-state index contributed by atoms with van der Waals surface area (Å²) in [6, 6.07) is 5.87. The van der Waals surface area contributed by atoms with Gasteiger partial charge in [-0.2, -0.15) is 5.10 Å². The van der Waals surface area contributed by atoms with Crippen LogP contribution in [0.25, 0.3) is 0 Å². The van der Waals surface area contributed by atoms with Crippen molar-refractivity contribution in [3.05, 3.63) is 40.6 Å². The van der Waals surface area contributed by atoms with Crippen LogP contribution in [0.1, 0.15) is 28.5 Å². The van der Waals surface area contributed by atoms with E-state index in [9.17, 15) is 5.11 Å². The third-order valence-corrected chi connectivity index (χ3v) is 3.72. The van der Waals surface area contributed by atoms with Gasteiger partial charge in [-0.05, 0) is 12.5 Å². The van der Waals surface area contributed by atoms with E-state index in [0.717, 1.165) is 29.0 Å². The van der Waals surface area contributed by atoms with Crippen molar-refractivity contribution in [3.63, 3.8) is 0 Å². The number of nitrogens with zero attached hydrogens (tertiary/aromatic N) is 2. The summed E-state index contributed by atoms with van der Waals surface area (Å²) in [4.78, 5) is 0. The van der Waals surface area contributed by atoms with E-state index < -0.39 is 6.10 Å². The van der Waals surface area contributed by atoms with Gasteiger partial charge < -0.3 is 14.6 Å². The Morgan fingerprint density at radius 2 is 2.25 bits per heavy atom. The Morgan fingerprint density at radius 1 is 1.45 bits per heavy atom. The van der Waals surface area contributed by atoms with Crippen molar-refractivity contribution in [2.24, 2.45) is 7.05 Å². The first-order valence-corrected chi connectivity index (χ1v) is 6.63. The molecule has 2 heterocycles. The fourth-order valence-electron chi connectivity index (χ4n) is 2.82. The molecule has 0 saturated carbocycles. The maximum absolute atomic E-state index is 10.7. The van der Waals surface area contributed by atoms with E-state index in [1.807, 2.05) is 25.1 Å². The monoisotopic (exact) mass is 274 g/mol. The van der Waals surface area contributed by atoms with E-state index >= 15 is 0 Å². The van der Waals surface area contributed by atoms with E-state index in [4.69, 9.17) is 9.47 Å². The zero-order chi connectivity index (χ0) is 14.3. The summed E-state index contributed by atoms with van der Waals surface area (Å²) in [7, 11) is 3.38. The topological polar surface area (TPSA) is 56.5 Å². The van der Waals surface area contributed by atoms with Gasteiger partial charge in [0.1, 0.15) is 11.9 Å². The molecule has 0 radical (unpaired) electrons. The summed E-state index contributed by atoms with van der Waals surface area (Å²) in [6.45, 7) is 2.54. The third-order valence-electron chi connectivity index (χ3n) is 3.72. The molecule has 1 aromatic heterocycles. The van der Waals surface area contributed by atoms with E-state index in [1.54, 1.807) is 18.8 Å². The number of hydrogen-bond acceptors (Lipinski definition) is 4. The first-order valence-electron chi connectivity index (χ1n) is 6.63. The molecule has 0 spiro atoms. The molecular formula is C15H18N2O3. The van der Waals surface area contributed by atoms with Gasteiger partial charge in [-0.3, -0.25) is 0 Å². The molecule has 1 unspecified atom stereocenters. The number of aliphatic hydroxyl groups is 1. The average Bonchev–Trinajstić information content (AvgIpc) is 3.01. The van der Waals surface area contributed by atoms with Crippen molar-refractivity contribution in [1.29, 1.82) is 0 Å². The standard InChI is InChI=1S/C15H18N2O3/c1-9-12(15(19-3)17(2)16-9)13(18)11-6-4-5-10-7-8-20-14(10)11/h4-6,13,18H,7-8H2,1-3H3. The van der Waals surface area contributed by atoms with Gasteiger partial charge in [0, 0.05) is 19.0 Å². The molecule has 1 N–H and O–H groups in total. The Labute approximate surface area is 117 Å². The minimum atomic E-state index is -0.799. The summed E-state index contributed by atoms with van der Waals surface area (Å²) in [5.41, 5.74) is 3.36. The van der Waals surface area contributed by atoms with Gasteiger partial charge in [0.15, 0.2) is 0 Å². The molecule has 5 heteroatoms. The van der Waals surface area contributed by atoms with Crippen LogP contribution in [0.2, 0.25) is 0 Å². The quantitative estimate of drug-likeness (QED) is 0.926. The van der Waals surface area contributed by atoms with Crippen LogP contribution in [-0.2, 0) is 13.5 Å². The minimum Gasteiger partial charge on any atom is -0.493 e. The first kappa shape index (κ1) is 13.0. The summed E-state index contributed by atoms with van der Waals surface area (Å²) in [6.07, 6.45) is 0.0886. The number of fused-ring (bicyclic) bond motifs is 1. The first-order chi connectivity index (χ1) is 9.63. The highest BCUT2D eigenvalue weighted by Crippen LogP contribution is 2.39. The van der Waals surface area contributed by atoms with Gasteiger partial charge in [-0.25, -0.2) is 4.68 Å². The highest BCUT2D eigenvalue weighted by Gasteiger charge is 2.27. The lowest BCUT2D eigenvalue weighted by atomic mass is 9.98. The van der Waals surface area contributed by atoms with Crippen LogP contribution in [0.3, 0.4) is 0 Å². The molecule has 106 valence electrons. The summed E-state index contributed by atoms with van der Waals surface area (Å²) in [5.74, 6) is 1.37. The van der Waals surface area contributed by atoms with Crippen LogP contribution >= 0.6 is 0 Å². The zero-order valence-corrected chi connectivity index (χ0v) is 11.9. The van der Waals surface area contributed by atoms with Gasteiger partial charge >= 0.3 is 0 Å². The largest absolute Gasteiger partial charge is 0.493 e. The second-order valence-electron chi connectivity index (χ2n) is 4.97. The van der Waals surface area contributed by atoms with Crippen LogP contribution in [0.4, 0.5) is 0 Å². The molecule has 0 fully saturated rings. The summed E-state index contributed by atoms with van der Waals surface area (Å²) in [5, 5.41) is 15.1. The van der Waals surface area contributed by atoms with Crippen molar-refractivity contribution in [1.82, 2.24) is 9.78 Å². The predicted octanol–water partition coefficient (Wildman–Crippen LogP) is 1.75. The molecule has 0 aliphatic carbocycles.